The number of amides is 2. The molecule has 0 saturated carbocycles. The lowest BCUT2D eigenvalue weighted by molar-refractivity contribution is -0.385. The zero-order chi connectivity index (χ0) is 23.0. The van der Waals surface area contributed by atoms with Gasteiger partial charge < -0.3 is 19.7 Å². The van der Waals surface area contributed by atoms with Gasteiger partial charge in [-0.1, -0.05) is 28.1 Å². The van der Waals surface area contributed by atoms with Gasteiger partial charge in [0, 0.05) is 29.7 Å². The quantitative estimate of drug-likeness (QED) is 0.401. The molecule has 0 aliphatic rings. The Hall–Kier alpha value is -3.14. The van der Waals surface area contributed by atoms with Gasteiger partial charge in [0.25, 0.3) is 5.91 Å². The number of methoxy groups -OCH3 is 1. The SMILES string of the molecule is CCNC(=O)[C@@H](C)N(Cc1ccc(Br)cc1)C(=O)COc1ccc([N+](=O)[O-])c(OC)c1. The van der Waals surface area contributed by atoms with E-state index in [4.69, 9.17) is 9.47 Å². The molecule has 1 N–H and O–H groups in total. The van der Waals surface area contributed by atoms with Crippen LogP contribution in [0.4, 0.5) is 5.69 Å². The smallest absolute Gasteiger partial charge is 0.311 e. The van der Waals surface area contributed by atoms with Crippen molar-refractivity contribution in [1.29, 1.82) is 0 Å². The number of nitrogens with one attached hydrogen (secondary N) is 1. The van der Waals surface area contributed by atoms with Crippen LogP contribution in [0.25, 0.3) is 0 Å². The average Bonchev–Trinajstić information content (AvgIpc) is 2.76. The number of benzene rings is 2. The van der Waals surface area contributed by atoms with E-state index < -0.39 is 16.9 Å². The summed E-state index contributed by atoms with van der Waals surface area (Å²) in [5, 5.41) is 13.7. The third-order valence-electron chi connectivity index (χ3n) is 4.49. The molecule has 9 nitrogen and oxygen atoms in total. The summed E-state index contributed by atoms with van der Waals surface area (Å²) in [6.07, 6.45) is 0. The van der Waals surface area contributed by atoms with E-state index in [2.05, 4.69) is 21.2 Å². The molecule has 2 aromatic carbocycles. The van der Waals surface area contributed by atoms with Crippen LogP contribution in [0.3, 0.4) is 0 Å². The molecule has 0 aliphatic carbocycles. The fourth-order valence-corrected chi connectivity index (χ4v) is 3.08. The first-order valence-electron chi connectivity index (χ1n) is 9.53. The minimum absolute atomic E-state index is 0.0253. The Bertz CT molecular complexity index is 935. The van der Waals surface area contributed by atoms with Gasteiger partial charge in [-0.05, 0) is 37.6 Å². The van der Waals surface area contributed by atoms with Crippen molar-refractivity contribution in [1.82, 2.24) is 10.2 Å². The molecular formula is C21H24BrN3O6. The highest BCUT2D eigenvalue weighted by atomic mass is 79.9. The molecule has 0 radical (unpaired) electrons. The number of hydrogen-bond donors (Lipinski definition) is 1. The van der Waals surface area contributed by atoms with Gasteiger partial charge in [0.15, 0.2) is 6.61 Å². The van der Waals surface area contributed by atoms with Gasteiger partial charge in [0.05, 0.1) is 12.0 Å². The second-order valence-electron chi connectivity index (χ2n) is 6.60. The van der Waals surface area contributed by atoms with Crippen molar-refractivity contribution in [3.63, 3.8) is 0 Å². The van der Waals surface area contributed by atoms with Crippen LogP contribution in [0.2, 0.25) is 0 Å². The van der Waals surface area contributed by atoms with Crippen molar-refractivity contribution in [2.24, 2.45) is 0 Å². The van der Waals surface area contributed by atoms with E-state index in [0.717, 1.165) is 10.0 Å². The van der Waals surface area contributed by atoms with E-state index in [0.29, 0.717) is 6.54 Å². The van der Waals surface area contributed by atoms with Crippen molar-refractivity contribution < 1.29 is 24.0 Å². The molecular weight excluding hydrogens is 470 g/mol. The van der Waals surface area contributed by atoms with Gasteiger partial charge in [-0.3, -0.25) is 19.7 Å². The van der Waals surface area contributed by atoms with Crippen molar-refractivity contribution >= 4 is 33.4 Å². The first-order chi connectivity index (χ1) is 14.8. The fourth-order valence-electron chi connectivity index (χ4n) is 2.82. The third kappa shape index (κ3) is 6.68. The largest absolute Gasteiger partial charge is 0.490 e. The van der Waals surface area contributed by atoms with Crippen LogP contribution >= 0.6 is 15.9 Å². The standard InChI is InChI=1S/C21H24BrN3O6/c1-4-23-21(27)14(2)24(12-15-5-7-16(22)8-6-15)20(26)13-31-17-9-10-18(25(28)29)19(11-17)30-3/h5-11,14H,4,12-13H2,1-3H3,(H,23,27)/t14-/m1/s1. The Morgan fingerprint density at radius 3 is 2.48 bits per heavy atom. The number of carbonyl (C=O) groups excluding carboxylic acids is 2. The predicted molar refractivity (Wildman–Crippen MR) is 118 cm³/mol. The van der Waals surface area contributed by atoms with Crippen molar-refractivity contribution in [2.75, 3.05) is 20.3 Å². The molecule has 2 amide bonds. The number of nitro groups is 1. The molecule has 10 heteroatoms. The Morgan fingerprint density at radius 1 is 1.23 bits per heavy atom. The lowest BCUT2D eigenvalue weighted by Gasteiger charge is -2.28. The van der Waals surface area contributed by atoms with Gasteiger partial charge in [-0.2, -0.15) is 0 Å². The van der Waals surface area contributed by atoms with E-state index >= 15 is 0 Å². The van der Waals surface area contributed by atoms with Crippen LogP contribution in [0.1, 0.15) is 19.4 Å². The number of hydrogen-bond acceptors (Lipinski definition) is 6. The monoisotopic (exact) mass is 493 g/mol. The summed E-state index contributed by atoms with van der Waals surface area (Å²) in [5.74, 6) is -0.411. The molecule has 0 unspecified atom stereocenters. The average molecular weight is 494 g/mol. The molecule has 0 aliphatic heterocycles. The van der Waals surface area contributed by atoms with E-state index in [1.807, 2.05) is 24.3 Å². The van der Waals surface area contributed by atoms with Crippen LogP contribution < -0.4 is 14.8 Å². The van der Waals surface area contributed by atoms with Crippen molar-refractivity contribution in [3.05, 3.63) is 62.6 Å². The van der Waals surface area contributed by atoms with Crippen LogP contribution in [-0.4, -0.2) is 47.9 Å². The Balaban J connectivity index is 2.17. The summed E-state index contributed by atoms with van der Waals surface area (Å²) >= 11 is 3.37. The molecule has 0 aromatic heterocycles. The summed E-state index contributed by atoms with van der Waals surface area (Å²) in [6.45, 7) is 3.77. The molecule has 31 heavy (non-hydrogen) atoms. The molecule has 0 spiro atoms. The predicted octanol–water partition coefficient (Wildman–Crippen LogP) is 3.30. The van der Waals surface area contributed by atoms with Gasteiger partial charge in [-0.25, -0.2) is 0 Å². The zero-order valence-electron chi connectivity index (χ0n) is 17.5. The second kappa shape index (κ2) is 11.3. The molecule has 0 bridgehead atoms. The first-order valence-corrected chi connectivity index (χ1v) is 10.3. The topological polar surface area (TPSA) is 111 Å². The Labute approximate surface area is 188 Å². The number of likely N-dealkylation sites (N-methyl/N-ethyl adjacent to an activating group) is 1. The first kappa shape index (κ1) is 24.1. The summed E-state index contributed by atoms with van der Waals surface area (Å²) < 4.78 is 11.5. The number of carbonyl (C=O) groups is 2. The highest BCUT2D eigenvalue weighted by Crippen LogP contribution is 2.30. The maximum absolute atomic E-state index is 12.9. The van der Waals surface area contributed by atoms with Crippen LogP contribution in [0.15, 0.2) is 46.9 Å². The Morgan fingerprint density at radius 2 is 1.90 bits per heavy atom. The van der Waals surface area contributed by atoms with Gasteiger partial charge in [0.1, 0.15) is 11.8 Å². The summed E-state index contributed by atoms with van der Waals surface area (Å²) in [4.78, 5) is 37.2. The van der Waals surface area contributed by atoms with Crippen LogP contribution in [0.5, 0.6) is 11.5 Å². The zero-order valence-corrected chi connectivity index (χ0v) is 19.0. The second-order valence-corrected chi connectivity index (χ2v) is 7.51. The van der Waals surface area contributed by atoms with Crippen molar-refractivity contribution in [3.8, 4) is 11.5 Å². The van der Waals surface area contributed by atoms with E-state index in [-0.39, 0.29) is 36.2 Å². The van der Waals surface area contributed by atoms with Gasteiger partial charge >= 0.3 is 5.69 Å². The minimum atomic E-state index is -0.717. The lowest BCUT2D eigenvalue weighted by atomic mass is 10.1. The third-order valence-corrected chi connectivity index (χ3v) is 5.02. The highest BCUT2D eigenvalue weighted by molar-refractivity contribution is 9.10. The van der Waals surface area contributed by atoms with E-state index in [1.54, 1.807) is 13.8 Å². The van der Waals surface area contributed by atoms with Crippen LogP contribution in [-0.2, 0) is 16.1 Å². The molecule has 2 aromatic rings. The maximum Gasteiger partial charge on any atom is 0.311 e. The van der Waals surface area contributed by atoms with Crippen LogP contribution in [0, 0.1) is 10.1 Å². The molecule has 0 heterocycles. The number of nitrogens with zero attached hydrogens (tertiary/aromatic N) is 2. The summed E-state index contributed by atoms with van der Waals surface area (Å²) in [6, 6.07) is 10.7. The molecule has 1 atom stereocenters. The number of rotatable bonds is 10. The van der Waals surface area contributed by atoms with Crippen molar-refractivity contribution in [2.45, 2.75) is 26.4 Å². The fraction of sp³-hybridized carbons (Fsp3) is 0.333. The highest BCUT2D eigenvalue weighted by Gasteiger charge is 2.26. The van der Waals surface area contributed by atoms with E-state index in [1.165, 1.54) is 30.2 Å². The lowest BCUT2D eigenvalue weighted by Crippen LogP contribution is -2.49. The summed E-state index contributed by atoms with van der Waals surface area (Å²) in [5.41, 5.74) is 0.646. The molecule has 0 fully saturated rings. The van der Waals surface area contributed by atoms with Gasteiger partial charge in [-0.15, -0.1) is 0 Å². The molecule has 166 valence electrons. The summed E-state index contributed by atoms with van der Waals surface area (Å²) in [7, 11) is 1.31. The number of halogens is 1. The van der Waals surface area contributed by atoms with Gasteiger partial charge in [0.2, 0.25) is 11.7 Å². The maximum atomic E-state index is 12.9. The molecule has 2 rings (SSSR count). The Kier molecular flexibility index (Phi) is 8.80. The normalized spacial score (nSPS) is 11.4. The number of nitro benzene ring substituents is 1. The van der Waals surface area contributed by atoms with E-state index in [9.17, 15) is 19.7 Å². The number of ether oxygens (including phenoxy) is 2. The molecule has 0 saturated heterocycles. The minimum Gasteiger partial charge on any atom is -0.490 e.